The van der Waals surface area contributed by atoms with Crippen molar-refractivity contribution in [3.8, 4) is 22.6 Å². The van der Waals surface area contributed by atoms with Crippen molar-refractivity contribution < 1.29 is 33.3 Å². The maximum atomic E-state index is 13.8. The Bertz CT molecular complexity index is 1750. The van der Waals surface area contributed by atoms with Gasteiger partial charge in [0, 0.05) is 11.9 Å². The summed E-state index contributed by atoms with van der Waals surface area (Å²) in [6, 6.07) is 17.5. The average Bonchev–Trinajstić information content (AvgIpc) is 3.32. The van der Waals surface area contributed by atoms with Crippen LogP contribution in [0.1, 0.15) is 69.2 Å². The lowest BCUT2D eigenvalue weighted by molar-refractivity contribution is 0.0510. The lowest BCUT2D eigenvalue weighted by Crippen LogP contribution is -2.40. The smallest absolute Gasteiger partial charge is 0.435 e. The van der Waals surface area contributed by atoms with Crippen molar-refractivity contribution in [3.63, 3.8) is 0 Å². The average molecular weight is 631 g/mol. The SMILES string of the molecule is COc1cccc(C(CNC(=O)OC(C)(C)C)NC(=O)c2cc(-c3ccc4c(c3)c(C)nn4C(=O)OC(C)(C)C)ccc2OC)c1. The quantitative estimate of drug-likeness (QED) is 0.217. The van der Waals surface area contributed by atoms with Gasteiger partial charge in [0.05, 0.1) is 37.0 Å². The molecule has 1 atom stereocenters. The fourth-order valence-electron chi connectivity index (χ4n) is 4.80. The van der Waals surface area contributed by atoms with Crippen LogP contribution in [0.25, 0.3) is 22.0 Å². The predicted molar refractivity (Wildman–Crippen MR) is 176 cm³/mol. The molecule has 3 aromatic carbocycles. The number of nitrogens with zero attached hydrogens (tertiary/aromatic N) is 2. The molecule has 0 aliphatic heterocycles. The zero-order valence-electron chi connectivity index (χ0n) is 27.8. The van der Waals surface area contributed by atoms with Crippen LogP contribution < -0.4 is 20.1 Å². The second-order valence-corrected chi connectivity index (χ2v) is 12.8. The van der Waals surface area contributed by atoms with Crippen LogP contribution in [0.4, 0.5) is 9.59 Å². The summed E-state index contributed by atoms with van der Waals surface area (Å²) >= 11 is 0. The Morgan fingerprint density at radius 1 is 0.848 bits per heavy atom. The number of fused-ring (bicyclic) bond motifs is 1. The van der Waals surface area contributed by atoms with Crippen LogP contribution >= 0.6 is 0 Å². The molecule has 0 saturated carbocycles. The minimum atomic E-state index is -0.678. The number of amides is 2. The molecule has 0 radical (unpaired) electrons. The summed E-state index contributed by atoms with van der Waals surface area (Å²) in [6.45, 7) is 12.6. The Balaban J connectivity index is 1.65. The molecule has 0 aliphatic rings. The molecule has 1 aromatic heterocycles. The number of hydrogen-bond donors (Lipinski definition) is 2. The van der Waals surface area contributed by atoms with Gasteiger partial charge in [-0.15, -0.1) is 0 Å². The molecule has 0 bridgehead atoms. The van der Waals surface area contributed by atoms with Crippen molar-refractivity contribution in [3.05, 3.63) is 77.5 Å². The van der Waals surface area contributed by atoms with Gasteiger partial charge in [0.25, 0.3) is 5.91 Å². The van der Waals surface area contributed by atoms with Crippen molar-refractivity contribution in [2.75, 3.05) is 20.8 Å². The van der Waals surface area contributed by atoms with E-state index in [1.165, 1.54) is 11.8 Å². The molecule has 2 N–H and O–H groups in total. The summed E-state index contributed by atoms with van der Waals surface area (Å²) in [4.78, 5) is 39.1. The van der Waals surface area contributed by atoms with Crippen molar-refractivity contribution in [1.82, 2.24) is 20.4 Å². The van der Waals surface area contributed by atoms with Gasteiger partial charge in [-0.05, 0) is 102 Å². The maximum absolute atomic E-state index is 13.8. The molecule has 11 nitrogen and oxygen atoms in total. The number of nitrogens with one attached hydrogen (secondary N) is 2. The van der Waals surface area contributed by atoms with E-state index in [4.69, 9.17) is 18.9 Å². The van der Waals surface area contributed by atoms with E-state index in [1.807, 2.05) is 37.3 Å². The highest BCUT2D eigenvalue weighted by Crippen LogP contribution is 2.31. The molecule has 0 fully saturated rings. The molecule has 1 unspecified atom stereocenters. The minimum absolute atomic E-state index is 0.0629. The third kappa shape index (κ3) is 8.35. The van der Waals surface area contributed by atoms with Gasteiger partial charge < -0.3 is 29.6 Å². The molecule has 2 amide bonds. The second-order valence-electron chi connectivity index (χ2n) is 12.8. The maximum Gasteiger partial charge on any atom is 0.435 e. The first kappa shape index (κ1) is 33.8. The van der Waals surface area contributed by atoms with E-state index in [0.29, 0.717) is 28.3 Å². The lowest BCUT2D eigenvalue weighted by atomic mass is 9.99. The van der Waals surface area contributed by atoms with Crippen LogP contribution in [0.3, 0.4) is 0 Å². The molecule has 0 aliphatic carbocycles. The van der Waals surface area contributed by atoms with E-state index in [0.717, 1.165) is 22.1 Å². The number of alkyl carbamates (subject to hydrolysis) is 1. The number of carbonyl (C=O) groups excluding carboxylic acids is 3. The van der Waals surface area contributed by atoms with Crippen molar-refractivity contribution in [1.29, 1.82) is 0 Å². The van der Waals surface area contributed by atoms with Crippen molar-refractivity contribution in [2.45, 2.75) is 65.7 Å². The summed E-state index contributed by atoms with van der Waals surface area (Å²) in [5.41, 5.74) is 2.51. The third-order valence-electron chi connectivity index (χ3n) is 6.86. The number of hydrogen-bond acceptors (Lipinski definition) is 8. The van der Waals surface area contributed by atoms with Crippen LogP contribution in [0.5, 0.6) is 11.5 Å². The van der Waals surface area contributed by atoms with E-state index in [9.17, 15) is 14.4 Å². The van der Waals surface area contributed by atoms with Gasteiger partial charge in [0.1, 0.15) is 22.7 Å². The first-order valence-electron chi connectivity index (χ1n) is 14.9. The Morgan fingerprint density at radius 2 is 1.52 bits per heavy atom. The largest absolute Gasteiger partial charge is 0.497 e. The second kappa shape index (κ2) is 13.5. The Kier molecular flexibility index (Phi) is 9.94. The highest BCUT2D eigenvalue weighted by molar-refractivity contribution is 5.99. The summed E-state index contributed by atoms with van der Waals surface area (Å²) in [7, 11) is 3.05. The number of ether oxygens (including phenoxy) is 4. The van der Waals surface area contributed by atoms with Gasteiger partial charge in [-0.3, -0.25) is 4.79 Å². The third-order valence-corrected chi connectivity index (χ3v) is 6.86. The molecule has 11 heteroatoms. The van der Waals surface area contributed by atoms with E-state index in [1.54, 1.807) is 79.0 Å². The summed E-state index contributed by atoms with van der Waals surface area (Å²) in [5.74, 6) is 0.572. The number of aryl methyl sites for hydroxylation is 1. The van der Waals surface area contributed by atoms with Crippen LogP contribution in [0, 0.1) is 6.92 Å². The van der Waals surface area contributed by atoms with Crippen molar-refractivity contribution in [2.24, 2.45) is 0 Å². The van der Waals surface area contributed by atoms with E-state index < -0.39 is 35.3 Å². The van der Waals surface area contributed by atoms with E-state index in [2.05, 4.69) is 15.7 Å². The number of rotatable bonds is 8. The fourth-order valence-corrected chi connectivity index (χ4v) is 4.80. The van der Waals surface area contributed by atoms with Gasteiger partial charge in [-0.25, -0.2) is 9.59 Å². The van der Waals surface area contributed by atoms with Gasteiger partial charge >= 0.3 is 12.2 Å². The number of benzene rings is 3. The standard InChI is InChI=1S/C35H42N4O7/c1-21-26-18-22(13-15-29(26)39(38-21)33(42)46-35(5,6)7)23-14-16-30(44-9)27(19-23)31(40)37-28(20-36-32(41)45-34(2,3)4)24-11-10-12-25(17-24)43-8/h10-19,28H,20H2,1-9H3,(H,36,41)(H,37,40). The van der Waals surface area contributed by atoms with Gasteiger partial charge in [0.15, 0.2) is 0 Å². The van der Waals surface area contributed by atoms with Crippen LogP contribution in [0.15, 0.2) is 60.7 Å². The topological polar surface area (TPSA) is 130 Å². The first-order valence-corrected chi connectivity index (χ1v) is 14.9. The lowest BCUT2D eigenvalue weighted by Gasteiger charge is -2.23. The number of methoxy groups -OCH3 is 2. The normalized spacial score (nSPS) is 12.3. The van der Waals surface area contributed by atoms with Gasteiger partial charge in [-0.2, -0.15) is 9.78 Å². The predicted octanol–water partition coefficient (Wildman–Crippen LogP) is 6.81. The zero-order chi connectivity index (χ0) is 33.8. The molecule has 0 spiro atoms. The molecule has 0 saturated heterocycles. The van der Waals surface area contributed by atoms with Crippen molar-refractivity contribution >= 4 is 29.0 Å². The van der Waals surface area contributed by atoms with E-state index in [-0.39, 0.29) is 6.54 Å². The molecule has 46 heavy (non-hydrogen) atoms. The monoisotopic (exact) mass is 630 g/mol. The Labute approximate surface area is 269 Å². The molecular weight excluding hydrogens is 588 g/mol. The van der Waals surface area contributed by atoms with Gasteiger partial charge in [0.2, 0.25) is 0 Å². The first-order chi connectivity index (χ1) is 21.6. The highest BCUT2D eigenvalue weighted by atomic mass is 16.6. The van der Waals surface area contributed by atoms with Gasteiger partial charge in [-0.1, -0.05) is 24.3 Å². The highest BCUT2D eigenvalue weighted by Gasteiger charge is 2.24. The van der Waals surface area contributed by atoms with Crippen LogP contribution in [-0.4, -0.2) is 59.8 Å². The van der Waals surface area contributed by atoms with Crippen LogP contribution in [-0.2, 0) is 9.47 Å². The fraction of sp³-hybridized carbons (Fsp3) is 0.371. The summed E-state index contributed by atoms with van der Waals surface area (Å²) in [5, 5.41) is 11.0. The molecule has 4 rings (SSSR count). The molecule has 1 heterocycles. The summed E-state index contributed by atoms with van der Waals surface area (Å²) in [6.07, 6.45) is -1.16. The number of carbonyl (C=O) groups is 3. The van der Waals surface area contributed by atoms with Crippen LogP contribution in [0.2, 0.25) is 0 Å². The molecular formula is C35H42N4O7. The Hall–Kier alpha value is -5.06. The molecule has 4 aromatic rings. The Morgan fingerprint density at radius 3 is 2.17 bits per heavy atom. The minimum Gasteiger partial charge on any atom is -0.497 e. The van der Waals surface area contributed by atoms with E-state index >= 15 is 0 Å². The summed E-state index contributed by atoms with van der Waals surface area (Å²) < 4.78 is 23.1. The number of aromatic nitrogens is 2. The zero-order valence-corrected chi connectivity index (χ0v) is 27.8. The molecule has 244 valence electrons.